The summed E-state index contributed by atoms with van der Waals surface area (Å²) in [6.45, 7) is 0. The molecule has 0 spiro atoms. The van der Waals surface area contributed by atoms with Crippen LogP contribution in [0.5, 0.6) is 0 Å². The van der Waals surface area contributed by atoms with Crippen molar-refractivity contribution in [3.05, 3.63) is 58.5 Å². The van der Waals surface area contributed by atoms with Gasteiger partial charge in [-0.1, -0.05) is 17.7 Å². The SMILES string of the molecule is Cn1nc(/C=C/C2=C(Cl)CC3CCC(C2)C3=O)cc1-c1ccc(F)cc1. The van der Waals surface area contributed by atoms with Gasteiger partial charge >= 0.3 is 0 Å². The first-order valence-corrected chi connectivity index (χ1v) is 9.28. The molecule has 0 amide bonds. The highest BCUT2D eigenvalue weighted by atomic mass is 35.5. The zero-order valence-corrected chi connectivity index (χ0v) is 15.3. The van der Waals surface area contributed by atoms with Gasteiger partial charge in [-0.3, -0.25) is 9.48 Å². The minimum Gasteiger partial charge on any atom is -0.299 e. The molecule has 1 heterocycles. The second-order valence-electron chi connectivity index (χ2n) is 7.13. The number of aryl methyl sites for hydroxylation is 1. The summed E-state index contributed by atoms with van der Waals surface area (Å²) in [5, 5.41) is 5.31. The van der Waals surface area contributed by atoms with E-state index in [0.29, 0.717) is 12.2 Å². The highest BCUT2D eigenvalue weighted by Crippen LogP contribution is 2.41. The summed E-state index contributed by atoms with van der Waals surface area (Å²) in [4.78, 5) is 12.2. The van der Waals surface area contributed by atoms with E-state index >= 15 is 0 Å². The molecule has 2 bridgehead atoms. The molecule has 3 nitrogen and oxygen atoms in total. The maximum absolute atomic E-state index is 13.1. The number of carbonyl (C=O) groups is 1. The molecule has 2 aliphatic rings. The van der Waals surface area contributed by atoms with Crippen LogP contribution in [-0.2, 0) is 11.8 Å². The van der Waals surface area contributed by atoms with Crippen LogP contribution in [0.3, 0.4) is 0 Å². The van der Waals surface area contributed by atoms with E-state index in [1.165, 1.54) is 12.1 Å². The summed E-state index contributed by atoms with van der Waals surface area (Å²) < 4.78 is 14.9. The molecule has 0 aliphatic heterocycles. The first-order chi connectivity index (χ1) is 12.5. The summed E-state index contributed by atoms with van der Waals surface area (Å²) in [5.41, 5.74) is 3.68. The first-order valence-electron chi connectivity index (χ1n) is 8.90. The van der Waals surface area contributed by atoms with Gasteiger partial charge in [-0.05, 0) is 73.2 Å². The number of allylic oxidation sites excluding steroid dienone is 3. The molecule has 2 atom stereocenters. The van der Waals surface area contributed by atoms with E-state index in [1.54, 1.807) is 16.8 Å². The fraction of sp³-hybridized carbons (Fsp3) is 0.333. The summed E-state index contributed by atoms with van der Waals surface area (Å²) in [7, 11) is 1.87. The Bertz CT molecular complexity index is 911. The molecule has 26 heavy (non-hydrogen) atoms. The highest BCUT2D eigenvalue weighted by Gasteiger charge is 2.37. The van der Waals surface area contributed by atoms with Crippen molar-refractivity contribution in [2.75, 3.05) is 0 Å². The molecular formula is C21H20ClFN2O. The second-order valence-corrected chi connectivity index (χ2v) is 7.59. The molecule has 134 valence electrons. The van der Waals surface area contributed by atoms with Crippen molar-refractivity contribution in [2.24, 2.45) is 18.9 Å². The molecule has 4 rings (SSSR count). The van der Waals surface area contributed by atoms with Gasteiger partial charge in [-0.15, -0.1) is 0 Å². The predicted molar refractivity (Wildman–Crippen MR) is 101 cm³/mol. The molecule has 1 aromatic heterocycles. The summed E-state index contributed by atoms with van der Waals surface area (Å²) in [6.07, 6.45) is 7.27. The fourth-order valence-electron chi connectivity index (χ4n) is 3.96. The van der Waals surface area contributed by atoms with Crippen LogP contribution >= 0.6 is 11.6 Å². The number of nitrogens with zero attached hydrogens (tertiary/aromatic N) is 2. The van der Waals surface area contributed by atoms with Crippen molar-refractivity contribution in [1.29, 1.82) is 0 Å². The number of carbonyl (C=O) groups excluding carboxylic acids is 1. The Morgan fingerprint density at radius 2 is 1.85 bits per heavy atom. The average Bonchev–Trinajstić information content (AvgIpc) is 3.11. The Kier molecular flexibility index (Phi) is 4.53. The molecule has 0 N–H and O–H groups in total. The van der Waals surface area contributed by atoms with Crippen molar-refractivity contribution in [3.8, 4) is 11.3 Å². The summed E-state index contributed by atoms with van der Waals surface area (Å²) >= 11 is 6.47. The van der Waals surface area contributed by atoms with Crippen LogP contribution in [0, 0.1) is 17.7 Å². The van der Waals surface area contributed by atoms with Gasteiger partial charge in [0.2, 0.25) is 0 Å². The lowest BCUT2D eigenvalue weighted by Gasteiger charge is -2.09. The van der Waals surface area contributed by atoms with E-state index < -0.39 is 0 Å². The van der Waals surface area contributed by atoms with Gasteiger partial charge < -0.3 is 0 Å². The van der Waals surface area contributed by atoms with Crippen LogP contribution in [0.25, 0.3) is 17.3 Å². The lowest BCUT2D eigenvalue weighted by molar-refractivity contribution is -0.123. The molecule has 1 saturated carbocycles. The van der Waals surface area contributed by atoms with Crippen molar-refractivity contribution in [2.45, 2.75) is 25.7 Å². The smallest absolute Gasteiger partial charge is 0.139 e. The third-order valence-corrected chi connectivity index (χ3v) is 5.80. The zero-order valence-electron chi connectivity index (χ0n) is 14.6. The van der Waals surface area contributed by atoms with Crippen molar-refractivity contribution in [3.63, 3.8) is 0 Å². The van der Waals surface area contributed by atoms with E-state index in [4.69, 9.17) is 11.6 Å². The Labute approximate surface area is 157 Å². The lowest BCUT2D eigenvalue weighted by atomic mass is 9.97. The Morgan fingerprint density at radius 1 is 1.15 bits per heavy atom. The van der Waals surface area contributed by atoms with E-state index in [2.05, 4.69) is 5.10 Å². The largest absolute Gasteiger partial charge is 0.299 e. The Hall–Kier alpha value is -2.20. The number of halogens is 2. The lowest BCUT2D eigenvalue weighted by Crippen LogP contribution is -2.11. The standard InChI is InChI=1S/C21H20ClFN2O/c1-25-20(13-4-7-17(23)8-5-13)12-18(24-25)9-6-14-10-15-2-3-16(21(15)26)11-19(14)22/h4-9,12,15-16H,2-3,10-11H2,1H3/b9-6+. The van der Waals surface area contributed by atoms with Gasteiger partial charge in [0.15, 0.2) is 0 Å². The average molecular weight is 371 g/mol. The molecular weight excluding hydrogens is 351 g/mol. The van der Waals surface area contributed by atoms with Gasteiger partial charge in [-0.25, -0.2) is 4.39 Å². The number of hydrogen-bond acceptors (Lipinski definition) is 2. The van der Waals surface area contributed by atoms with E-state index in [0.717, 1.165) is 46.8 Å². The van der Waals surface area contributed by atoms with Crippen LogP contribution in [0.15, 0.2) is 47.0 Å². The second kappa shape index (κ2) is 6.84. The van der Waals surface area contributed by atoms with Crippen molar-refractivity contribution >= 4 is 23.5 Å². The Balaban J connectivity index is 1.57. The number of hydrogen-bond donors (Lipinski definition) is 0. The topological polar surface area (TPSA) is 34.9 Å². The third kappa shape index (κ3) is 3.26. The van der Waals surface area contributed by atoms with Gasteiger partial charge in [0.05, 0.1) is 11.4 Å². The van der Waals surface area contributed by atoms with Crippen LogP contribution < -0.4 is 0 Å². The molecule has 0 saturated heterocycles. The van der Waals surface area contributed by atoms with E-state index in [-0.39, 0.29) is 17.7 Å². The molecule has 2 aromatic rings. The quantitative estimate of drug-likeness (QED) is 0.751. The van der Waals surface area contributed by atoms with Crippen molar-refractivity contribution < 1.29 is 9.18 Å². The molecule has 5 heteroatoms. The molecule has 1 fully saturated rings. The predicted octanol–water partition coefficient (Wildman–Crippen LogP) is 5.12. The minimum atomic E-state index is -0.255. The third-order valence-electron chi connectivity index (χ3n) is 5.40. The van der Waals surface area contributed by atoms with E-state index in [1.807, 2.05) is 25.3 Å². The number of fused-ring (bicyclic) bond motifs is 2. The van der Waals surface area contributed by atoms with Crippen molar-refractivity contribution in [1.82, 2.24) is 9.78 Å². The molecule has 0 radical (unpaired) electrons. The molecule has 2 aliphatic carbocycles. The van der Waals surface area contributed by atoms with Crippen LogP contribution in [0.1, 0.15) is 31.4 Å². The minimum absolute atomic E-state index is 0.110. The van der Waals surface area contributed by atoms with Crippen LogP contribution in [-0.4, -0.2) is 15.6 Å². The number of aromatic nitrogens is 2. The maximum Gasteiger partial charge on any atom is 0.139 e. The van der Waals surface area contributed by atoms with Gasteiger partial charge in [0, 0.05) is 23.9 Å². The fourth-order valence-corrected chi connectivity index (χ4v) is 4.28. The van der Waals surface area contributed by atoms with Crippen LogP contribution in [0.4, 0.5) is 4.39 Å². The molecule has 2 unspecified atom stereocenters. The normalized spacial score (nSPS) is 23.1. The Morgan fingerprint density at radius 3 is 2.58 bits per heavy atom. The molecule has 1 aromatic carbocycles. The highest BCUT2D eigenvalue weighted by molar-refractivity contribution is 6.30. The van der Waals surface area contributed by atoms with Gasteiger partial charge in [0.25, 0.3) is 0 Å². The first kappa shape index (κ1) is 17.2. The van der Waals surface area contributed by atoms with Gasteiger partial charge in [-0.2, -0.15) is 5.10 Å². The number of benzene rings is 1. The van der Waals surface area contributed by atoms with E-state index in [9.17, 15) is 9.18 Å². The van der Waals surface area contributed by atoms with Crippen LogP contribution in [0.2, 0.25) is 0 Å². The summed E-state index contributed by atoms with van der Waals surface area (Å²) in [6, 6.07) is 8.34. The zero-order chi connectivity index (χ0) is 18.3. The number of rotatable bonds is 3. The number of Topliss-reactive ketones (excluding diaryl/α,β-unsaturated/α-hetero) is 1. The summed E-state index contributed by atoms with van der Waals surface area (Å²) in [5.74, 6) is 0.352. The monoisotopic (exact) mass is 370 g/mol. The number of ketones is 1. The maximum atomic E-state index is 13.1. The van der Waals surface area contributed by atoms with Gasteiger partial charge in [0.1, 0.15) is 11.6 Å².